The van der Waals surface area contributed by atoms with Crippen LogP contribution in [0.25, 0.3) is 0 Å². The topological polar surface area (TPSA) is 15.7 Å². The minimum Gasteiger partial charge on any atom is -0.377 e. The van der Waals surface area contributed by atoms with E-state index in [1.807, 2.05) is 0 Å². The molecule has 98 valence electrons. The minimum atomic E-state index is 0.525. The SMILES string of the molecule is CCC1CN2CCCC2CN1CC1CCCO1. The van der Waals surface area contributed by atoms with Crippen LogP contribution in [0.5, 0.6) is 0 Å². The molecule has 3 unspecified atom stereocenters. The number of rotatable bonds is 3. The fourth-order valence-electron chi connectivity index (χ4n) is 3.81. The van der Waals surface area contributed by atoms with E-state index in [1.54, 1.807) is 0 Å². The van der Waals surface area contributed by atoms with E-state index in [-0.39, 0.29) is 0 Å². The van der Waals surface area contributed by atoms with Gasteiger partial charge in [-0.1, -0.05) is 6.92 Å². The lowest BCUT2D eigenvalue weighted by atomic mass is 10.0. The van der Waals surface area contributed by atoms with E-state index in [2.05, 4.69) is 16.7 Å². The molecule has 0 aromatic rings. The molecule has 0 aromatic carbocycles. The molecule has 0 N–H and O–H groups in total. The zero-order valence-electron chi connectivity index (χ0n) is 11.1. The molecule has 3 aliphatic rings. The van der Waals surface area contributed by atoms with Gasteiger partial charge in [0.05, 0.1) is 6.10 Å². The molecule has 0 spiro atoms. The van der Waals surface area contributed by atoms with Crippen LogP contribution in [-0.4, -0.2) is 60.8 Å². The lowest BCUT2D eigenvalue weighted by Crippen LogP contribution is -2.57. The van der Waals surface area contributed by atoms with Crippen molar-refractivity contribution in [2.75, 3.05) is 32.8 Å². The Morgan fingerprint density at radius 3 is 2.88 bits per heavy atom. The van der Waals surface area contributed by atoms with Gasteiger partial charge in [0.25, 0.3) is 0 Å². The Morgan fingerprint density at radius 2 is 2.12 bits per heavy atom. The van der Waals surface area contributed by atoms with Crippen LogP contribution in [0.1, 0.15) is 39.0 Å². The van der Waals surface area contributed by atoms with E-state index in [0.29, 0.717) is 6.10 Å². The van der Waals surface area contributed by atoms with E-state index in [4.69, 9.17) is 4.74 Å². The fourth-order valence-corrected chi connectivity index (χ4v) is 3.81. The van der Waals surface area contributed by atoms with Crippen LogP contribution in [0.2, 0.25) is 0 Å². The highest BCUT2D eigenvalue weighted by Gasteiger charge is 2.36. The number of piperazine rings is 1. The maximum Gasteiger partial charge on any atom is 0.0702 e. The van der Waals surface area contributed by atoms with Gasteiger partial charge in [0.1, 0.15) is 0 Å². The summed E-state index contributed by atoms with van der Waals surface area (Å²) in [5.74, 6) is 0. The van der Waals surface area contributed by atoms with Crippen LogP contribution < -0.4 is 0 Å². The standard InChI is InChI=1S/C14H26N2O/c1-2-12-9-15-7-3-5-13(15)10-16(12)11-14-6-4-8-17-14/h12-14H,2-11H2,1H3. The lowest BCUT2D eigenvalue weighted by Gasteiger charge is -2.44. The first-order chi connectivity index (χ1) is 8.36. The predicted octanol–water partition coefficient (Wildman–Crippen LogP) is 1.72. The van der Waals surface area contributed by atoms with E-state index < -0.39 is 0 Å². The summed E-state index contributed by atoms with van der Waals surface area (Å²) in [6.45, 7) is 8.44. The molecule has 17 heavy (non-hydrogen) atoms. The average molecular weight is 238 g/mol. The van der Waals surface area contributed by atoms with Crippen molar-refractivity contribution < 1.29 is 4.74 Å². The molecule has 0 aliphatic carbocycles. The van der Waals surface area contributed by atoms with Gasteiger partial charge in [-0.05, 0) is 38.6 Å². The average Bonchev–Trinajstić information content (AvgIpc) is 2.98. The van der Waals surface area contributed by atoms with Crippen LogP contribution in [0.3, 0.4) is 0 Å². The van der Waals surface area contributed by atoms with Crippen molar-refractivity contribution >= 4 is 0 Å². The van der Waals surface area contributed by atoms with E-state index in [1.165, 1.54) is 58.3 Å². The van der Waals surface area contributed by atoms with Crippen LogP contribution >= 0.6 is 0 Å². The molecule has 3 aliphatic heterocycles. The second kappa shape index (κ2) is 5.25. The van der Waals surface area contributed by atoms with Gasteiger partial charge in [-0.25, -0.2) is 0 Å². The second-order valence-electron chi connectivity index (χ2n) is 5.94. The molecule has 0 amide bonds. The van der Waals surface area contributed by atoms with E-state index >= 15 is 0 Å². The molecule has 0 radical (unpaired) electrons. The van der Waals surface area contributed by atoms with Crippen LogP contribution in [0, 0.1) is 0 Å². The summed E-state index contributed by atoms with van der Waals surface area (Å²) in [5, 5.41) is 0. The van der Waals surface area contributed by atoms with E-state index in [9.17, 15) is 0 Å². The zero-order valence-corrected chi connectivity index (χ0v) is 11.1. The third-order valence-corrected chi connectivity index (χ3v) is 4.84. The number of hydrogen-bond donors (Lipinski definition) is 0. The van der Waals surface area contributed by atoms with Gasteiger partial charge in [-0.3, -0.25) is 9.80 Å². The molecule has 3 saturated heterocycles. The van der Waals surface area contributed by atoms with Crippen molar-refractivity contribution in [3.05, 3.63) is 0 Å². The lowest BCUT2D eigenvalue weighted by molar-refractivity contribution is 0.00572. The van der Waals surface area contributed by atoms with Gasteiger partial charge in [-0.15, -0.1) is 0 Å². The fraction of sp³-hybridized carbons (Fsp3) is 1.00. The minimum absolute atomic E-state index is 0.525. The number of fused-ring (bicyclic) bond motifs is 1. The summed E-state index contributed by atoms with van der Waals surface area (Å²) in [7, 11) is 0. The number of nitrogens with zero attached hydrogens (tertiary/aromatic N) is 2. The number of ether oxygens (including phenoxy) is 1. The maximum atomic E-state index is 5.80. The monoisotopic (exact) mass is 238 g/mol. The normalized spacial score (nSPS) is 39.7. The highest BCUT2D eigenvalue weighted by Crippen LogP contribution is 2.27. The Bertz CT molecular complexity index is 251. The number of hydrogen-bond acceptors (Lipinski definition) is 3. The van der Waals surface area contributed by atoms with Gasteiger partial charge in [0.15, 0.2) is 0 Å². The van der Waals surface area contributed by atoms with Crippen molar-refractivity contribution in [3.8, 4) is 0 Å². The summed E-state index contributed by atoms with van der Waals surface area (Å²) in [5.41, 5.74) is 0. The molecule has 3 fully saturated rings. The first-order valence-corrected chi connectivity index (χ1v) is 7.46. The molecule has 3 rings (SSSR count). The molecule has 0 bridgehead atoms. The van der Waals surface area contributed by atoms with Crippen molar-refractivity contribution in [2.45, 2.75) is 57.2 Å². The summed E-state index contributed by atoms with van der Waals surface area (Å²) in [4.78, 5) is 5.45. The van der Waals surface area contributed by atoms with Crippen molar-refractivity contribution in [3.63, 3.8) is 0 Å². The Morgan fingerprint density at radius 1 is 1.18 bits per heavy atom. The van der Waals surface area contributed by atoms with Crippen LogP contribution in [0.4, 0.5) is 0 Å². The Labute approximate surface area is 105 Å². The van der Waals surface area contributed by atoms with E-state index in [0.717, 1.165) is 18.7 Å². The molecular formula is C14H26N2O. The predicted molar refractivity (Wildman–Crippen MR) is 69.2 cm³/mol. The zero-order chi connectivity index (χ0) is 11.7. The van der Waals surface area contributed by atoms with Gasteiger partial charge in [0, 0.05) is 38.3 Å². The van der Waals surface area contributed by atoms with Gasteiger partial charge >= 0.3 is 0 Å². The van der Waals surface area contributed by atoms with Crippen LogP contribution in [-0.2, 0) is 4.74 Å². The van der Waals surface area contributed by atoms with Gasteiger partial charge < -0.3 is 4.74 Å². The third kappa shape index (κ3) is 2.51. The van der Waals surface area contributed by atoms with Crippen LogP contribution in [0.15, 0.2) is 0 Å². The van der Waals surface area contributed by atoms with Gasteiger partial charge in [0.2, 0.25) is 0 Å². The molecule has 3 heterocycles. The Balaban J connectivity index is 1.60. The summed E-state index contributed by atoms with van der Waals surface area (Å²) in [6.07, 6.45) is 7.19. The van der Waals surface area contributed by atoms with Crippen molar-refractivity contribution in [2.24, 2.45) is 0 Å². The summed E-state index contributed by atoms with van der Waals surface area (Å²) < 4.78 is 5.80. The smallest absolute Gasteiger partial charge is 0.0702 e. The molecule has 0 aromatic heterocycles. The quantitative estimate of drug-likeness (QED) is 0.744. The molecule has 3 atom stereocenters. The first-order valence-electron chi connectivity index (χ1n) is 7.46. The van der Waals surface area contributed by atoms with Crippen molar-refractivity contribution in [1.29, 1.82) is 0 Å². The maximum absolute atomic E-state index is 5.80. The molecule has 0 saturated carbocycles. The highest BCUT2D eigenvalue weighted by atomic mass is 16.5. The third-order valence-electron chi connectivity index (χ3n) is 4.84. The van der Waals surface area contributed by atoms with Gasteiger partial charge in [-0.2, -0.15) is 0 Å². The van der Waals surface area contributed by atoms with Crippen molar-refractivity contribution in [1.82, 2.24) is 9.80 Å². The summed E-state index contributed by atoms with van der Waals surface area (Å²) >= 11 is 0. The molecular weight excluding hydrogens is 212 g/mol. The highest BCUT2D eigenvalue weighted by molar-refractivity contribution is 4.92. The largest absolute Gasteiger partial charge is 0.377 e. The Kier molecular flexibility index (Phi) is 3.69. The Hall–Kier alpha value is -0.120. The molecule has 3 heteroatoms. The summed E-state index contributed by atoms with van der Waals surface area (Å²) in [6, 6.07) is 1.62. The first kappa shape index (κ1) is 11.9. The molecule has 3 nitrogen and oxygen atoms in total. The second-order valence-corrected chi connectivity index (χ2v) is 5.94.